The van der Waals surface area contributed by atoms with E-state index < -0.39 is 32.6 Å². The highest BCUT2D eigenvalue weighted by Crippen LogP contribution is 2.29. The number of carbonyl (C=O) groups excluding carboxylic acids is 1. The molecule has 1 fully saturated rings. The molecular formula is C13H17FN2O4S. The van der Waals surface area contributed by atoms with E-state index in [1.807, 2.05) is 0 Å². The maximum absolute atomic E-state index is 14.1. The quantitative estimate of drug-likeness (QED) is 0.661. The van der Waals surface area contributed by atoms with Crippen LogP contribution in [-0.4, -0.2) is 38.9 Å². The molecule has 0 radical (unpaired) electrons. The largest absolute Gasteiger partial charge is 0.469 e. The fraction of sp³-hybridized carbons (Fsp3) is 0.462. The molecule has 1 saturated heterocycles. The van der Waals surface area contributed by atoms with Gasteiger partial charge in [0.15, 0.2) is 0 Å². The Labute approximate surface area is 122 Å². The second kappa shape index (κ2) is 5.61. The molecule has 0 bridgehead atoms. The third-order valence-corrected chi connectivity index (χ3v) is 5.41. The Morgan fingerprint density at radius 3 is 2.76 bits per heavy atom. The first-order valence-corrected chi connectivity index (χ1v) is 7.85. The minimum Gasteiger partial charge on any atom is -0.469 e. The molecule has 1 atom stereocenters. The van der Waals surface area contributed by atoms with Gasteiger partial charge in [-0.05, 0) is 31.0 Å². The lowest BCUT2D eigenvalue weighted by molar-refractivity contribution is -0.144. The second-order valence-electron chi connectivity index (χ2n) is 5.02. The molecule has 1 aromatic rings. The van der Waals surface area contributed by atoms with Crippen molar-refractivity contribution in [3.05, 3.63) is 23.5 Å². The molecule has 0 saturated carbocycles. The van der Waals surface area contributed by atoms with E-state index >= 15 is 0 Å². The highest BCUT2D eigenvalue weighted by molar-refractivity contribution is 7.89. The molecule has 2 N–H and O–H groups in total. The van der Waals surface area contributed by atoms with E-state index in [1.165, 1.54) is 20.1 Å². The maximum atomic E-state index is 14.1. The van der Waals surface area contributed by atoms with Crippen LogP contribution in [0.3, 0.4) is 0 Å². The molecule has 1 unspecified atom stereocenters. The Bertz CT molecular complexity index is 675. The van der Waals surface area contributed by atoms with Gasteiger partial charge in [0.25, 0.3) is 0 Å². The molecule has 6 nitrogen and oxygen atoms in total. The highest BCUT2D eigenvalue weighted by Gasteiger charge is 2.37. The summed E-state index contributed by atoms with van der Waals surface area (Å²) in [5.74, 6) is -1.79. The van der Waals surface area contributed by atoms with Crippen LogP contribution >= 0.6 is 0 Å². The normalized spacial score (nSPS) is 19.7. The number of esters is 1. The number of nitrogens with two attached hydrogens (primary N) is 1. The van der Waals surface area contributed by atoms with Crippen LogP contribution in [0.1, 0.15) is 12.0 Å². The van der Waals surface area contributed by atoms with Crippen LogP contribution < -0.4 is 5.73 Å². The van der Waals surface area contributed by atoms with E-state index in [2.05, 4.69) is 4.74 Å². The molecule has 0 aromatic heterocycles. The molecule has 1 aliphatic rings. The number of hydrogen-bond donors (Lipinski definition) is 1. The lowest BCUT2D eigenvalue weighted by Crippen LogP contribution is -2.31. The second-order valence-corrected chi connectivity index (χ2v) is 6.93. The Kier molecular flexibility index (Phi) is 4.20. The number of carbonyl (C=O) groups is 1. The molecule has 8 heteroatoms. The van der Waals surface area contributed by atoms with E-state index in [4.69, 9.17) is 5.73 Å². The number of aryl methyl sites for hydroxylation is 1. The zero-order valence-corrected chi connectivity index (χ0v) is 12.6. The van der Waals surface area contributed by atoms with Gasteiger partial charge in [-0.2, -0.15) is 4.31 Å². The van der Waals surface area contributed by atoms with Crippen LogP contribution in [0.2, 0.25) is 0 Å². The maximum Gasteiger partial charge on any atom is 0.310 e. The predicted octanol–water partition coefficient (Wildman–Crippen LogP) is 0.900. The first kappa shape index (κ1) is 15.7. The van der Waals surface area contributed by atoms with E-state index in [-0.39, 0.29) is 24.3 Å². The number of halogens is 1. The van der Waals surface area contributed by atoms with Crippen molar-refractivity contribution in [1.29, 1.82) is 0 Å². The van der Waals surface area contributed by atoms with Crippen LogP contribution in [0, 0.1) is 18.7 Å². The molecule has 0 aliphatic carbocycles. The van der Waals surface area contributed by atoms with Crippen molar-refractivity contribution >= 4 is 21.7 Å². The van der Waals surface area contributed by atoms with E-state index in [9.17, 15) is 17.6 Å². The minimum absolute atomic E-state index is 0.0116. The number of rotatable bonds is 3. The SMILES string of the molecule is COC(=O)C1CCN(S(=O)(=O)c2cc(N)cc(C)c2F)C1. The summed E-state index contributed by atoms with van der Waals surface area (Å²) in [6.45, 7) is 1.59. The number of nitrogens with zero attached hydrogens (tertiary/aromatic N) is 1. The summed E-state index contributed by atoms with van der Waals surface area (Å²) in [5.41, 5.74) is 5.94. The zero-order valence-electron chi connectivity index (χ0n) is 11.8. The van der Waals surface area contributed by atoms with Gasteiger partial charge in [-0.25, -0.2) is 12.8 Å². The van der Waals surface area contributed by atoms with Gasteiger partial charge in [-0.15, -0.1) is 0 Å². The number of benzene rings is 1. The van der Waals surface area contributed by atoms with Crippen molar-refractivity contribution in [2.75, 3.05) is 25.9 Å². The molecule has 1 aromatic carbocycles. The summed E-state index contributed by atoms with van der Waals surface area (Å²) in [6, 6.07) is 2.47. The molecule has 1 aliphatic heterocycles. The van der Waals surface area contributed by atoms with Crippen molar-refractivity contribution in [2.45, 2.75) is 18.2 Å². The van der Waals surface area contributed by atoms with Crippen LogP contribution in [-0.2, 0) is 19.6 Å². The first-order chi connectivity index (χ1) is 9.77. The minimum atomic E-state index is -4.02. The van der Waals surface area contributed by atoms with Gasteiger partial charge in [0.2, 0.25) is 10.0 Å². The first-order valence-electron chi connectivity index (χ1n) is 6.41. The summed E-state index contributed by atoms with van der Waals surface area (Å²) in [4.78, 5) is 11.0. The summed E-state index contributed by atoms with van der Waals surface area (Å²) >= 11 is 0. The molecule has 1 heterocycles. The van der Waals surface area contributed by atoms with Gasteiger partial charge in [-0.3, -0.25) is 4.79 Å². The van der Waals surface area contributed by atoms with Gasteiger partial charge in [0, 0.05) is 18.8 Å². The topological polar surface area (TPSA) is 89.7 Å². The predicted molar refractivity (Wildman–Crippen MR) is 74.4 cm³/mol. The Balaban J connectivity index is 2.34. The monoisotopic (exact) mass is 316 g/mol. The number of methoxy groups -OCH3 is 1. The standard InChI is InChI=1S/C13H17FN2O4S/c1-8-5-10(15)6-11(12(8)14)21(18,19)16-4-3-9(7-16)13(17)20-2/h5-6,9H,3-4,7,15H2,1-2H3. The zero-order chi connectivity index (χ0) is 15.8. The smallest absolute Gasteiger partial charge is 0.310 e. The van der Waals surface area contributed by atoms with E-state index in [0.29, 0.717) is 6.42 Å². The Morgan fingerprint density at radius 1 is 1.48 bits per heavy atom. The number of nitrogen functional groups attached to an aromatic ring is 1. The lowest BCUT2D eigenvalue weighted by atomic mass is 10.1. The number of hydrogen-bond acceptors (Lipinski definition) is 5. The van der Waals surface area contributed by atoms with Crippen LogP contribution in [0.25, 0.3) is 0 Å². The lowest BCUT2D eigenvalue weighted by Gasteiger charge is -2.17. The van der Waals surface area contributed by atoms with E-state index in [1.54, 1.807) is 0 Å². The van der Waals surface area contributed by atoms with Crippen molar-refractivity contribution < 1.29 is 22.3 Å². The summed E-state index contributed by atoms with van der Waals surface area (Å²) in [5, 5.41) is 0. The fourth-order valence-electron chi connectivity index (χ4n) is 2.40. The number of anilines is 1. The van der Waals surface area contributed by atoms with Gasteiger partial charge in [0.1, 0.15) is 10.7 Å². The third-order valence-electron chi connectivity index (χ3n) is 3.55. The summed E-state index contributed by atoms with van der Waals surface area (Å²) < 4.78 is 44.8. The summed E-state index contributed by atoms with van der Waals surface area (Å²) in [7, 11) is -2.77. The van der Waals surface area contributed by atoms with Gasteiger partial charge in [0.05, 0.1) is 13.0 Å². The molecule has 2 rings (SSSR count). The third kappa shape index (κ3) is 2.86. The molecular weight excluding hydrogens is 299 g/mol. The van der Waals surface area contributed by atoms with Crippen LogP contribution in [0.5, 0.6) is 0 Å². The molecule has 116 valence electrons. The van der Waals surface area contributed by atoms with Crippen LogP contribution in [0.15, 0.2) is 17.0 Å². The van der Waals surface area contributed by atoms with Gasteiger partial charge in [-0.1, -0.05) is 0 Å². The molecule has 0 amide bonds. The van der Waals surface area contributed by atoms with Gasteiger partial charge >= 0.3 is 5.97 Å². The average Bonchev–Trinajstić information content (AvgIpc) is 2.92. The highest BCUT2D eigenvalue weighted by atomic mass is 32.2. The number of ether oxygens (including phenoxy) is 1. The number of sulfonamides is 1. The van der Waals surface area contributed by atoms with Gasteiger partial charge < -0.3 is 10.5 Å². The molecule has 0 spiro atoms. The average molecular weight is 316 g/mol. The van der Waals surface area contributed by atoms with Crippen molar-refractivity contribution in [1.82, 2.24) is 4.31 Å². The fourth-order valence-corrected chi connectivity index (χ4v) is 4.07. The van der Waals surface area contributed by atoms with Crippen LogP contribution in [0.4, 0.5) is 10.1 Å². The Morgan fingerprint density at radius 2 is 2.14 bits per heavy atom. The van der Waals surface area contributed by atoms with Crippen molar-refractivity contribution in [3.8, 4) is 0 Å². The summed E-state index contributed by atoms with van der Waals surface area (Å²) in [6.07, 6.45) is 0.356. The van der Waals surface area contributed by atoms with E-state index in [0.717, 1.165) is 10.4 Å². The Hall–Kier alpha value is -1.67. The van der Waals surface area contributed by atoms with Crippen molar-refractivity contribution in [2.24, 2.45) is 5.92 Å². The molecule has 21 heavy (non-hydrogen) atoms. The van der Waals surface area contributed by atoms with Crippen molar-refractivity contribution in [3.63, 3.8) is 0 Å².